The number of para-hydroxylation sites is 1. The number of rotatable bonds is 5. The van der Waals surface area contributed by atoms with E-state index in [2.05, 4.69) is 5.10 Å². The lowest BCUT2D eigenvalue weighted by Crippen LogP contribution is -2.41. The van der Waals surface area contributed by atoms with Crippen LogP contribution in [0.3, 0.4) is 0 Å². The van der Waals surface area contributed by atoms with Crippen molar-refractivity contribution in [2.45, 2.75) is 64.5 Å². The molecule has 9 heteroatoms. The van der Waals surface area contributed by atoms with Crippen LogP contribution in [0.2, 0.25) is 0 Å². The Kier molecular flexibility index (Phi) is 4.97. The molecule has 0 saturated carbocycles. The van der Waals surface area contributed by atoms with Gasteiger partial charge in [-0.2, -0.15) is 18.3 Å². The summed E-state index contributed by atoms with van der Waals surface area (Å²) in [6.07, 6.45) is -5.13. The molecule has 5 nitrogen and oxygen atoms in total. The Hall–Kier alpha value is -1.74. The smallest absolute Gasteiger partial charge is 0.494 e. The minimum absolute atomic E-state index is 0.0683. The van der Waals surface area contributed by atoms with E-state index < -0.39 is 30.9 Å². The molecule has 1 aliphatic heterocycles. The first kappa shape index (κ1) is 20.0. The summed E-state index contributed by atoms with van der Waals surface area (Å²) in [7, 11) is 0.824. The lowest BCUT2D eigenvalue weighted by Gasteiger charge is -2.32. The number of halogens is 3. The number of fused-ring (bicyclic) bond motifs is 1. The van der Waals surface area contributed by atoms with Crippen LogP contribution in [-0.2, 0) is 15.9 Å². The van der Waals surface area contributed by atoms with Gasteiger partial charge in [-0.25, -0.2) is 0 Å². The van der Waals surface area contributed by atoms with E-state index in [0.717, 1.165) is 5.39 Å². The molecule has 0 N–H and O–H groups in total. The van der Waals surface area contributed by atoms with Gasteiger partial charge in [0.25, 0.3) is 0 Å². The average Bonchev–Trinajstić information content (AvgIpc) is 3.01. The Balaban J connectivity index is 2.00. The van der Waals surface area contributed by atoms with Gasteiger partial charge in [-0.3, -0.25) is 4.68 Å². The lowest BCUT2D eigenvalue weighted by atomic mass is 9.82. The highest BCUT2D eigenvalue weighted by atomic mass is 19.4. The molecule has 1 aromatic heterocycles. The molecule has 3 rings (SSSR count). The molecule has 27 heavy (non-hydrogen) atoms. The zero-order valence-corrected chi connectivity index (χ0v) is 16.2. The molecule has 0 radical (unpaired) electrons. The first-order chi connectivity index (χ1) is 12.5. The number of benzene rings is 1. The van der Waals surface area contributed by atoms with Crippen molar-refractivity contribution < 1.29 is 27.2 Å². The van der Waals surface area contributed by atoms with Crippen molar-refractivity contribution >= 4 is 23.6 Å². The SMILES string of the molecule is COc1cccc2c(B3OC(C)(C)C(C)(C)O3)nn(CCCC(F)(F)F)c12. The molecule has 2 heterocycles. The molecule has 1 aliphatic rings. The van der Waals surface area contributed by atoms with E-state index in [4.69, 9.17) is 14.0 Å². The first-order valence-corrected chi connectivity index (χ1v) is 8.91. The first-order valence-electron chi connectivity index (χ1n) is 8.91. The molecule has 148 valence electrons. The van der Waals surface area contributed by atoms with Crippen LogP contribution < -0.4 is 10.3 Å². The van der Waals surface area contributed by atoms with Crippen LogP contribution in [0.1, 0.15) is 40.5 Å². The maximum Gasteiger partial charge on any atom is 0.517 e. The number of hydrogen-bond donors (Lipinski definition) is 0. The number of nitrogens with zero attached hydrogens (tertiary/aromatic N) is 2. The molecule has 0 unspecified atom stereocenters. The van der Waals surface area contributed by atoms with Gasteiger partial charge in [0.2, 0.25) is 0 Å². The number of methoxy groups -OCH3 is 1. The summed E-state index contributed by atoms with van der Waals surface area (Å²) in [6.45, 7) is 7.88. The van der Waals surface area contributed by atoms with E-state index >= 15 is 0 Å². The summed E-state index contributed by atoms with van der Waals surface area (Å²) in [5.74, 6) is 0.551. The molecule has 1 saturated heterocycles. The summed E-state index contributed by atoms with van der Waals surface area (Å²) in [5, 5.41) is 5.30. The molecule has 0 spiro atoms. The molecular formula is C18H24BF3N2O3. The zero-order chi connectivity index (χ0) is 20.0. The highest BCUT2D eigenvalue weighted by molar-refractivity contribution is 6.64. The topological polar surface area (TPSA) is 45.5 Å². The third-order valence-electron chi connectivity index (χ3n) is 5.29. The van der Waals surface area contributed by atoms with E-state index in [9.17, 15) is 13.2 Å². The largest absolute Gasteiger partial charge is 0.517 e. The van der Waals surface area contributed by atoms with Crippen LogP contribution in [0.5, 0.6) is 5.75 Å². The predicted molar refractivity (Wildman–Crippen MR) is 97.3 cm³/mol. The Morgan fingerprint density at radius 2 is 1.78 bits per heavy atom. The zero-order valence-electron chi connectivity index (χ0n) is 16.2. The van der Waals surface area contributed by atoms with E-state index in [-0.39, 0.29) is 13.0 Å². The maximum atomic E-state index is 12.5. The molecular weight excluding hydrogens is 360 g/mol. The Morgan fingerprint density at radius 1 is 1.15 bits per heavy atom. The Bertz CT molecular complexity index is 817. The third kappa shape index (κ3) is 3.80. The van der Waals surface area contributed by atoms with Crippen LogP contribution in [0.25, 0.3) is 10.9 Å². The highest BCUT2D eigenvalue weighted by Crippen LogP contribution is 2.37. The lowest BCUT2D eigenvalue weighted by molar-refractivity contribution is -0.135. The number of aromatic nitrogens is 2. The average molecular weight is 384 g/mol. The van der Waals surface area contributed by atoms with E-state index in [0.29, 0.717) is 16.9 Å². The second-order valence-electron chi connectivity index (χ2n) is 7.77. The van der Waals surface area contributed by atoms with Crippen molar-refractivity contribution in [1.29, 1.82) is 0 Å². The van der Waals surface area contributed by atoms with Crippen LogP contribution in [0.15, 0.2) is 18.2 Å². The van der Waals surface area contributed by atoms with Gasteiger partial charge in [-0.1, -0.05) is 12.1 Å². The van der Waals surface area contributed by atoms with Gasteiger partial charge in [0.05, 0.1) is 18.3 Å². The predicted octanol–water partition coefficient (Wildman–Crippen LogP) is 3.69. The van der Waals surface area contributed by atoms with Crippen LogP contribution in [0.4, 0.5) is 13.2 Å². The summed E-state index contributed by atoms with van der Waals surface area (Å²) in [5.41, 5.74) is 0.118. The normalized spacial score (nSPS) is 19.0. The number of alkyl halides is 3. The van der Waals surface area contributed by atoms with Gasteiger partial charge in [-0.05, 0) is 40.2 Å². The molecule has 2 aromatic rings. The van der Waals surface area contributed by atoms with Crippen molar-refractivity contribution in [1.82, 2.24) is 9.78 Å². The number of ether oxygens (including phenoxy) is 1. The van der Waals surface area contributed by atoms with Gasteiger partial charge in [-0.15, -0.1) is 0 Å². The molecule has 0 amide bonds. The number of aryl methyl sites for hydroxylation is 1. The van der Waals surface area contributed by atoms with E-state index in [1.54, 1.807) is 10.7 Å². The third-order valence-corrected chi connectivity index (χ3v) is 5.29. The maximum absolute atomic E-state index is 12.5. The van der Waals surface area contributed by atoms with Crippen molar-refractivity contribution in [2.75, 3.05) is 7.11 Å². The van der Waals surface area contributed by atoms with Crippen LogP contribution in [-0.4, -0.2) is 41.4 Å². The van der Waals surface area contributed by atoms with Gasteiger partial charge >= 0.3 is 13.3 Å². The van der Waals surface area contributed by atoms with E-state index in [1.807, 2.05) is 39.8 Å². The van der Waals surface area contributed by atoms with Crippen molar-refractivity contribution in [3.8, 4) is 5.75 Å². The van der Waals surface area contributed by atoms with Crippen molar-refractivity contribution in [3.63, 3.8) is 0 Å². The van der Waals surface area contributed by atoms with Crippen molar-refractivity contribution in [2.24, 2.45) is 0 Å². The second kappa shape index (κ2) is 6.70. The standard InChI is InChI=1S/C18H24BF3N2O3/c1-16(2)17(3,4)27-19(26-16)15-12-8-6-9-13(25-5)14(12)24(23-15)11-7-10-18(20,21)22/h6,8-9H,7,10-11H2,1-5H3. The fourth-order valence-corrected chi connectivity index (χ4v) is 3.11. The van der Waals surface area contributed by atoms with Gasteiger partial charge < -0.3 is 14.0 Å². The molecule has 1 fully saturated rings. The molecule has 1 aromatic carbocycles. The summed E-state index contributed by atoms with van der Waals surface area (Å²) in [4.78, 5) is 0. The fraction of sp³-hybridized carbons (Fsp3) is 0.611. The number of hydrogen-bond acceptors (Lipinski definition) is 4. The Labute approximate surface area is 156 Å². The summed E-state index contributed by atoms with van der Waals surface area (Å²) in [6, 6.07) is 5.43. The second-order valence-corrected chi connectivity index (χ2v) is 7.77. The van der Waals surface area contributed by atoms with Gasteiger partial charge in [0.1, 0.15) is 16.9 Å². The van der Waals surface area contributed by atoms with Gasteiger partial charge in [0, 0.05) is 18.4 Å². The van der Waals surface area contributed by atoms with Crippen LogP contribution >= 0.6 is 0 Å². The molecule has 0 aliphatic carbocycles. The van der Waals surface area contributed by atoms with Crippen molar-refractivity contribution in [3.05, 3.63) is 18.2 Å². The van der Waals surface area contributed by atoms with Crippen LogP contribution in [0, 0.1) is 0 Å². The quantitative estimate of drug-likeness (QED) is 0.738. The highest BCUT2D eigenvalue weighted by Gasteiger charge is 2.53. The molecule has 0 atom stereocenters. The minimum Gasteiger partial charge on any atom is -0.494 e. The molecule has 0 bridgehead atoms. The van der Waals surface area contributed by atoms with E-state index in [1.165, 1.54) is 7.11 Å². The summed E-state index contributed by atoms with van der Waals surface area (Å²) >= 11 is 0. The van der Waals surface area contributed by atoms with Gasteiger partial charge in [0.15, 0.2) is 0 Å². The summed E-state index contributed by atoms with van der Waals surface area (Å²) < 4.78 is 56.8. The fourth-order valence-electron chi connectivity index (χ4n) is 3.11. The Morgan fingerprint density at radius 3 is 2.33 bits per heavy atom. The monoisotopic (exact) mass is 384 g/mol. The minimum atomic E-state index is -4.19.